The molecule has 142 valence electrons. The number of ether oxygens (including phenoxy) is 1. The summed E-state index contributed by atoms with van der Waals surface area (Å²) in [5.41, 5.74) is 2.34. The molecule has 0 saturated carbocycles. The van der Waals surface area contributed by atoms with Crippen LogP contribution >= 0.6 is 0 Å². The first-order valence-electron chi connectivity index (χ1n) is 8.99. The van der Waals surface area contributed by atoms with Gasteiger partial charge in [0.15, 0.2) is 0 Å². The van der Waals surface area contributed by atoms with Crippen molar-refractivity contribution in [2.75, 3.05) is 20.2 Å². The largest absolute Gasteiger partial charge is 0.493 e. The van der Waals surface area contributed by atoms with Gasteiger partial charge in [-0.15, -0.1) is 0 Å². The molecule has 3 rings (SSSR count). The van der Waals surface area contributed by atoms with E-state index in [4.69, 9.17) is 9.26 Å². The maximum atomic E-state index is 13.7. The molecule has 0 spiro atoms. The van der Waals surface area contributed by atoms with Crippen LogP contribution in [0.15, 0.2) is 47.0 Å². The molecular formula is C21H24FN3O2. The fourth-order valence-electron chi connectivity index (χ4n) is 2.71. The van der Waals surface area contributed by atoms with E-state index < -0.39 is 0 Å². The van der Waals surface area contributed by atoms with Gasteiger partial charge in [-0.3, -0.25) is 4.90 Å². The van der Waals surface area contributed by atoms with Gasteiger partial charge in [-0.1, -0.05) is 35.5 Å². The molecular weight excluding hydrogens is 345 g/mol. The number of hydrogen-bond acceptors (Lipinski definition) is 5. The molecule has 0 aliphatic rings. The third-order valence-electron chi connectivity index (χ3n) is 4.34. The molecule has 1 aromatic heterocycles. The van der Waals surface area contributed by atoms with Crippen molar-refractivity contribution in [3.8, 4) is 17.1 Å². The highest BCUT2D eigenvalue weighted by Crippen LogP contribution is 2.19. The quantitative estimate of drug-likeness (QED) is 0.551. The molecule has 0 unspecified atom stereocenters. The summed E-state index contributed by atoms with van der Waals surface area (Å²) in [4.78, 5) is 6.45. The number of aryl methyl sites for hydroxylation is 2. The second-order valence-corrected chi connectivity index (χ2v) is 6.68. The summed E-state index contributed by atoms with van der Waals surface area (Å²) < 4.78 is 24.8. The van der Waals surface area contributed by atoms with Gasteiger partial charge < -0.3 is 9.26 Å². The predicted octanol–water partition coefficient (Wildman–Crippen LogP) is 4.39. The van der Waals surface area contributed by atoms with Gasteiger partial charge in [0.25, 0.3) is 0 Å². The Bertz CT molecular complexity index is 895. The molecule has 27 heavy (non-hydrogen) atoms. The number of halogens is 1. The van der Waals surface area contributed by atoms with Crippen LogP contribution in [-0.4, -0.2) is 35.2 Å². The molecule has 0 fully saturated rings. The van der Waals surface area contributed by atoms with Crippen molar-refractivity contribution in [3.63, 3.8) is 0 Å². The zero-order valence-electron chi connectivity index (χ0n) is 15.9. The Balaban J connectivity index is 1.47. The van der Waals surface area contributed by atoms with Gasteiger partial charge in [-0.25, -0.2) is 4.39 Å². The van der Waals surface area contributed by atoms with Crippen molar-refractivity contribution in [1.29, 1.82) is 0 Å². The van der Waals surface area contributed by atoms with Crippen LogP contribution in [0.1, 0.15) is 23.4 Å². The van der Waals surface area contributed by atoms with Gasteiger partial charge in [0.2, 0.25) is 11.7 Å². The molecule has 0 N–H and O–H groups in total. The first-order valence-corrected chi connectivity index (χ1v) is 8.99. The van der Waals surface area contributed by atoms with E-state index in [1.165, 1.54) is 6.07 Å². The topological polar surface area (TPSA) is 51.4 Å². The lowest BCUT2D eigenvalue weighted by molar-refractivity contribution is 0.235. The van der Waals surface area contributed by atoms with E-state index >= 15 is 0 Å². The van der Waals surface area contributed by atoms with Crippen LogP contribution in [0.4, 0.5) is 4.39 Å². The second-order valence-electron chi connectivity index (χ2n) is 6.68. The van der Waals surface area contributed by atoms with Crippen LogP contribution in [0.3, 0.4) is 0 Å². The molecule has 0 atom stereocenters. The number of para-hydroxylation sites is 1. The molecule has 0 aliphatic heterocycles. The van der Waals surface area contributed by atoms with E-state index in [0.717, 1.165) is 24.3 Å². The van der Waals surface area contributed by atoms with Crippen molar-refractivity contribution in [3.05, 3.63) is 65.3 Å². The molecule has 2 aromatic carbocycles. The van der Waals surface area contributed by atoms with Gasteiger partial charge in [0.05, 0.1) is 13.2 Å². The average Bonchev–Trinajstić information content (AvgIpc) is 3.11. The predicted molar refractivity (Wildman–Crippen MR) is 102 cm³/mol. The Morgan fingerprint density at radius 1 is 1.11 bits per heavy atom. The molecule has 0 saturated heterocycles. The number of rotatable bonds is 8. The van der Waals surface area contributed by atoms with E-state index in [0.29, 0.717) is 36.0 Å². The molecule has 1 heterocycles. The fourth-order valence-corrected chi connectivity index (χ4v) is 2.71. The van der Waals surface area contributed by atoms with E-state index in [1.807, 2.05) is 38.2 Å². The third-order valence-corrected chi connectivity index (χ3v) is 4.34. The van der Waals surface area contributed by atoms with Gasteiger partial charge in [0.1, 0.15) is 11.6 Å². The first-order chi connectivity index (χ1) is 13.0. The number of benzene rings is 2. The Kier molecular flexibility index (Phi) is 6.19. The van der Waals surface area contributed by atoms with Crippen molar-refractivity contribution < 1.29 is 13.7 Å². The van der Waals surface area contributed by atoms with Crippen LogP contribution in [0.2, 0.25) is 0 Å². The van der Waals surface area contributed by atoms with Crippen LogP contribution in [0, 0.1) is 19.7 Å². The number of aromatic nitrogens is 2. The van der Waals surface area contributed by atoms with E-state index in [-0.39, 0.29) is 5.82 Å². The molecule has 3 aromatic rings. The Morgan fingerprint density at radius 3 is 2.70 bits per heavy atom. The Morgan fingerprint density at radius 2 is 1.93 bits per heavy atom. The average molecular weight is 369 g/mol. The lowest BCUT2D eigenvalue weighted by Gasteiger charge is -2.14. The summed E-state index contributed by atoms with van der Waals surface area (Å²) >= 11 is 0. The number of nitrogens with zero attached hydrogens (tertiary/aromatic N) is 3. The molecule has 0 bridgehead atoms. The maximum absolute atomic E-state index is 13.7. The fraction of sp³-hybridized carbons (Fsp3) is 0.333. The standard InChI is InChI=1S/C21H24FN3O2/c1-15-9-10-17(13-18(15)22)21-23-20(27-24-21)14-25(3)11-6-12-26-19-8-5-4-7-16(19)2/h4-5,7-10,13H,6,11-12,14H2,1-3H3. The van der Waals surface area contributed by atoms with Crippen LogP contribution in [-0.2, 0) is 6.54 Å². The summed E-state index contributed by atoms with van der Waals surface area (Å²) in [6.45, 7) is 5.77. The lowest BCUT2D eigenvalue weighted by Crippen LogP contribution is -2.21. The van der Waals surface area contributed by atoms with Gasteiger partial charge in [0, 0.05) is 12.1 Å². The van der Waals surface area contributed by atoms with E-state index in [2.05, 4.69) is 15.0 Å². The second kappa shape index (κ2) is 8.77. The zero-order valence-corrected chi connectivity index (χ0v) is 15.9. The van der Waals surface area contributed by atoms with Crippen LogP contribution in [0.5, 0.6) is 5.75 Å². The summed E-state index contributed by atoms with van der Waals surface area (Å²) in [5.74, 6) is 1.56. The summed E-state index contributed by atoms with van der Waals surface area (Å²) in [6.07, 6.45) is 0.884. The monoisotopic (exact) mass is 369 g/mol. The lowest BCUT2D eigenvalue weighted by atomic mass is 10.1. The van der Waals surface area contributed by atoms with Gasteiger partial charge >= 0.3 is 0 Å². The SMILES string of the molecule is Cc1ccc(-c2noc(CN(C)CCCOc3ccccc3C)n2)cc1F. The van der Waals surface area contributed by atoms with Crippen molar-refractivity contribution in [2.24, 2.45) is 0 Å². The van der Waals surface area contributed by atoms with Crippen molar-refractivity contribution in [1.82, 2.24) is 15.0 Å². The molecule has 0 amide bonds. The Hall–Kier alpha value is -2.73. The van der Waals surface area contributed by atoms with E-state index in [9.17, 15) is 4.39 Å². The summed E-state index contributed by atoms with van der Waals surface area (Å²) in [5, 5.41) is 3.95. The van der Waals surface area contributed by atoms with Crippen molar-refractivity contribution in [2.45, 2.75) is 26.8 Å². The normalized spacial score (nSPS) is 11.1. The molecule has 6 heteroatoms. The highest BCUT2D eigenvalue weighted by molar-refractivity contribution is 5.54. The highest BCUT2D eigenvalue weighted by atomic mass is 19.1. The minimum atomic E-state index is -0.273. The third kappa shape index (κ3) is 5.14. The zero-order chi connectivity index (χ0) is 19.2. The van der Waals surface area contributed by atoms with Crippen molar-refractivity contribution >= 4 is 0 Å². The smallest absolute Gasteiger partial charge is 0.241 e. The Labute approximate surface area is 158 Å². The van der Waals surface area contributed by atoms with Gasteiger partial charge in [-0.2, -0.15) is 4.98 Å². The minimum Gasteiger partial charge on any atom is -0.493 e. The minimum absolute atomic E-state index is 0.273. The first kappa shape index (κ1) is 19.0. The highest BCUT2D eigenvalue weighted by Gasteiger charge is 2.12. The van der Waals surface area contributed by atoms with Gasteiger partial charge in [-0.05, 0) is 50.6 Å². The summed E-state index contributed by atoms with van der Waals surface area (Å²) in [6, 6.07) is 12.9. The maximum Gasteiger partial charge on any atom is 0.241 e. The van der Waals surface area contributed by atoms with Crippen LogP contribution < -0.4 is 4.74 Å². The van der Waals surface area contributed by atoms with Crippen LogP contribution in [0.25, 0.3) is 11.4 Å². The number of hydrogen-bond donors (Lipinski definition) is 0. The molecule has 5 nitrogen and oxygen atoms in total. The molecule has 0 aliphatic carbocycles. The molecule has 0 radical (unpaired) electrons. The summed E-state index contributed by atoms with van der Waals surface area (Å²) in [7, 11) is 1.99. The van der Waals surface area contributed by atoms with E-state index in [1.54, 1.807) is 19.1 Å².